The number of anilines is 1. The van der Waals surface area contributed by atoms with Crippen molar-refractivity contribution in [2.75, 3.05) is 24.5 Å². The Hall–Kier alpha value is -2.41. The highest BCUT2D eigenvalue weighted by Crippen LogP contribution is 2.18. The van der Waals surface area contributed by atoms with Crippen LogP contribution in [0.2, 0.25) is 0 Å². The van der Waals surface area contributed by atoms with Gasteiger partial charge in [-0.1, -0.05) is 0 Å². The van der Waals surface area contributed by atoms with Gasteiger partial charge in [-0.15, -0.1) is 0 Å². The van der Waals surface area contributed by atoms with Crippen molar-refractivity contribution < 1.29 is 9.90 Å². The van der Waals surface area contributed by atoms with Gasteiger partial charge < -0.3 is 19.5 Å². The number of nitrogens with zero attached hydrogens (tertiary/aromatic N) is 5. The van der Waals surface area contributed by atoms with Crippen LogP contribution in [-0.4, -0.2) is 56.2 Å². The molecule has 0 unspecified atom stereocenters. The molecule has 0 aromatic carbocycles. The molecule has 3 rings (SSSR count). The Morgan fingerprint density at radius 3 is 2.84 bits per heavy atom. The van der Waals surface area contributed by atoms with E-state index >= 15 is 0 Å². The normalized spacial score (nSPS) is 17.6. The Kier molecular flexibility index (Phi) is 5.33. The number of carbonyl (C=O) groups excluding carboxylic acids is 1. The van der Waals surface area contributed by atoms with Crippen LogP contribution in [0, 0.1) is 0 Å². The molecule has 1 atom stereocenters. The number of pyridine rings is 1. The van der Waals surface area contributed by atoms with Crippen molar-refractivity contribution in [2.24, 2.45) is 7.05 Å². The van der Waals surface area contributed by atoms with Crippen LogP contribution in [0.1, 0.15) is 35.9 Å². The zero-order chi connectivity index (χ0) is 17.8. The summed E-state index contributed by atoms with van der Waals surface area (Å²) in [5.74, 6) is 1.60. The van der Waals surface area contributed by atoms with E-state index in [4.69, 9.17) is 0 Å². The molecule has 134 valence electrons. The van der Waals surface area contributed by atoms with E-state index < -0.39 is 0 Å². The predicted octanol–water partition coefficient (Wildman–Crippen LogP) is 1.44. The summed E-state index contributed by atoms with van der Waals surface area (Å²) in [6.45, 7) is 4.51. The Morgan fingerprint density at radius 1 is 1.40 bits per heavy atom. The Balaban J connectivity index is 1.69. The van der Waals surface area contributed by atoms with E-state index in [1.807, 2.05) is 36.9 Å². The number of aliphatic hydroxyl groups excluding tert-OH is 1. The average Bonchev–Trinajstić information content (AvgIpc) is 3.04. The fourth-order valence-corrected chi connectivity index (χ4v) is 3.09. The molecular formula is C18H25N5O2. The summed E-state index contributed by atoms with van der Waals surface area (Å²) >= 11 is 0. The van der Waals surface area contributed by atoms with E-state index in [1.165, 1.54) is 0 Å². The van der Waals surface area contributed by atoms with Crippen molar-refractivity contribution in [2.45, 2.75) is 32.4 Å². The van der Waals surface area contributed by atoms with Crippen molar-refractivity contribution in [1.82, 2.24) is 19.4 Å². The third-order valence-corrected chi connectivity index (χ3v) is 4.64. The summed E-state index contributed by atoms with van der Waals surface area (Å²) in [6.07, 6.45) is 6.72. The van der Waals surface area contributed by atoms with Crippen LogP contribution in [0.15, 0.2) is 30.7 Å². The molecule has 1 saturated heterocycles. The maximum Gasteiger partial charge on any atom is 0.255 e. The van der Waals surface area contributed by atoms with Crippen LogP contribution in [0.25, 0.3) is 0 Å². The zero-order valence-electron chi connectivity index (χ0n) is 14.8. The summed E-state index contributed by atoms with van der Waals surface area (Å²) in [5.41, 5.74) is 0.567. The minimum absolute atomic E-state index is 0.0526. The molecule has 1 N–H and O–H groups in total. The van der Waals surface area contributed by atoms with Crippen LogP contribution >= 0.6 is 0 Å². The second kappa shape index (κ2) is 7.65. The van der Waals surface area contributed by atoms with E-state index in [-0.39, 0.29) is 12.0 Å². The van der Waals surface area contributed by atoms with Gasteiger partial charge in [0.25, 0.3) is 5.91 Å². The number of aryl methyl sites for hydroxylation is 1. The lowest BCUT2D eigenvalue weighted by Gasteiger charge is -2.31. The molecule has 1 fully saturated rings. The summed E-state index contributed by atoms with van der Waals surface area (Å²) in [4.78, 5) is 25.3. The number of amides is 1. The van der Waals surface area contributed by atoms with Gasteiger partial charge in [0.15, 0.2) is 0 Å². The standard InChI is InChI=1S/C18H25N5O2/c1-3-22(13-17-19-8-10-21(17)2)18(25)14-6-7-16(20-11-14)23-9-4-5-15(24)12-23/h6-8,10-11,15,24H,3-5,9,12-13H2,1-2H3/t15-/m1/s1. The van der Waals surface area contributed by atoms with Gasteiger partial charge in [-0.3, -0.25) is 4.79 Å². The molecule has 2 aromatic heterocycles. The number of aromatic nitrogens is 3. The number of hydrogen-bond donors (Lipinski definition) is 1. The Morgan fingerprint density at radius 2 is 2.24 bits per heavy atom. The molecule has 3 heterocycles. The second-order valence-electron chi connectivity index (χ2n) is 6.42. The smallest absolute Gasteiger partial charge is 0.255 e. The average molecular weight is 343 g/mol. The molecule has 7 heteroatoms. The van der Waals surface area contributed by atoms with E-state index in [0.29, 0.717) is 25.2 Å². The Bertz CT molecular complexity index is 713. The van der Waals surface area contributed by atoms with Crippen LogP contribution < -0.4 is 4.90 Å². The minimum atomic E-state index is -0.301. The van der Waals surface area contributed by atoms with Crippen LogP contribution in [-0.2, 0) is 13.6 Å². The van der Waals surface area contributed by atoms with Crippen LogP contribution in [0.4, 0.5) is 5.82 Å². The summed E-state index contributed by atoms with van der Waals surface area (Å²) in [6, 6.07) is 3.67. The van der Waals surface area contributed by atoms with E-state index in [9.17, 15) is 9.90 Å². The van der Waals surface area contributed by atoms with Crippen molar-refractivity contribution in [3.63, 3.8) is 0 Å². The lowest BCUT2D eigenvalue weighted by Crippen LogP contribution is -2.38. The number of rotatable bonds is 5. The zero-order valence-corrected chi connectivity index (χ0v) is 14.8. The van der Waals surface area contributed by atoms with Gasteiger partial charge in [0.05, 0.1) is 18.2 Å². The summed E-state index contributed by atoms with van der Waals surface area (Å²) < 4.78 is 1.92. The number of hydrogen-bond acceptors (Lipinski definition) is 5. The maximum absolute atomic E-state index is 12.7. The first-order valence-electron chi connectivity index (χ1n) is 8.73. The Labute approximate surface area is 147 Å². The molecule has 1 amide bonds. The molecule has 1 aliphatic rings. The number of β-amino-alcohol motifs (C(OH)–C–C–N with tert-alkyl or cyclic N) is 1. The molecule has 1 aliphatic heterocycles. The molecule has 0 aliphatic carbocycles. The first kappa shape index (κ1) is 17.4. The summed E-state index contributed by atoms with van der Waals surface area (Å²) in [7, 11) is 1.92. The van der Waals surface area contributed by atoms with Crippen LogP contribution in [0.3, 0.4) is 0 Å². The molecule has 7 nitrogen and oxygen atoms in total. The van der Waals surface area contributed by atoms with Crippen molar-refractivity contribution >= 4 is 11.7 Å². The SMILES string of the molecule is CCN(Cc1nccn1C)C(=O)c1ccc(N2CCC[C@@H](O)C2)nc1. The van der Waals surface area contributed by atoms with Gasteiger partial charge in [-0.25, -0.2) is 9.97 Å². The van der Waals surface area contributed by atoms with Crippen molar-refractivity contribution in [3.8, 4) is 0 Å². The van der Waals surface area contributed by atoms with E-state index in [1.54, 1.807) is 17.3 Å². The lowest BCUT2D eigenvalue weighted by molar-refractivity contribution is 0.0746. The van der Waals surface area contributed by atoms with Gasteiger partial charge in [-0.2, -0.15) is 0 Å². The molecule has 0 spiro atoms. The fourth-order valence-electron chi connectivity index (χ4n) is 3.09. The number of aliphatic hydroxyl groups is 1. The fraction of sp³-hybridized carbons (Fsp3) is 0.500. The van der Waals surface area contributed by atoms with Crippen LogP contribution in [0.5, 0.6) is 0 Å². The number of carbonyl (C=O) groups is 1. The third-order valence-electron chi connectivity index (χ3n) is 4.64. The molecule has 25 heavy (non-hydrogen) atoms. The first-order valence-corrected chi connectivity index (χ1v) is 8.73. The minimum Gasteiger partial charge on any atom is -0.391 e. The molecule has 2 aromatic rings. The molecule has 0 radical (unpaired) electrons. The number of piperidine rings is 1. The quantitative estimate of drug-likeness (QED) is 0.889. The van der Waals surface area contributed by atoms with Gasteiger partial charge in [0, 0.05) is 45.3 Å². The molecule has 0 bridgehead atoms. The topological polar surface area (TPSA) is 74.5 Å². The van der Waals surface area contributed by atoms with Gasteiger partial charge >= 0.3 is 0 Å². The predicted molar refractivity (Wildman–Crippen MR) is 95.3 cm³/mol. The largest absolute Gasteiger partial charge is 0.391 e. The highest BCUT2D eigenvalue weighted by atomic mass is 16.3. The highest BCUT2D eigenvalue weighted by Gasteiger charge is 2.20. The first-order chi connectivity index (χ1) is 12.1. The van der Waals surface area contributed by atoms with Gasteiger partial charge in [0.1, 0.15) is 11.6 Å². The van der Waals surface area contributed by atoms with E-state index in [2.05, 4.69) is 14.9 Å². The highest BCUT2D eigenvalue weighted by molar-refractivity contribution is 5.94. The summed E-state index contributed by atoms with van der Waals surface area (Å²) in [5, 5.41) is 9.80. The third kappa shape index (κ3) is 3.99. The van der Waals surface area contributed by atoms with E-state index in [0.717, 1.165) is 31.0 Å². The number of imidazole rings is 1. The lowest BCUT2D eigenvalue weighted by atomic mass is 10.1. The van der Waals surface area contributed by atoms with Gasteiger partial charge in [0.2, 0.25) is 0 Å². The van der Waals surface area contributed by atoms with Crippen molar-refractivity contribution in [3.05, 3.63) is 42.1 Å². The maximum atomic E-state index is 12.7. The molecular weight excluding hydrogens is 318 g/mol. The second-order valence-corrected chi connectivity index (χ2v) is 6.42. The van der Waals surface area contributed by atoms with Crippen molar-refractivity contribution in [1.29, 1.82) is 0 Å². The monoisotopic (exact) mass is 343 g/mol. The van der Waals surface area contributed by atoms with Gasteiger partial charge in [-0.05, 0) is 31.9 Å². The molecule has 0 saturated carbocycles.